The van der Waals surface area contributed by atoms with E-state index >= 15 is 0 Å². The van der Waals surface area contributed by atoms with Crippen molar-refractivity contribution in [2.75, 3.05) is 13.2 Å². The van der Waals surface area contributed by atoms with E-state index in [4.69, 9.17) is 4.74 Å². The summed E-state index contributed by atoms with van der Waals surface area (Å²) in [5, 5.41) is 23.0. The number of ether oxygens (including phenoxy) is 1. The van der Waals surface area contributed by atoms with Crippen LogP contribution in [0, 0.1) is 0 Å². The molecule has 0 rings (SSSR count). The first kappa shape index (κ1) is 67.3. The average molecular weight is 973 g/mol. The molecule has 3 N–H and O–H groups in total. The molecule has 6 nitrogen and oxygen atoms in total. The molecular weight excluding hydrogens is 851 g/mol. The van der Waals surface area contributed by atoms with Gasteiger partial charge in [-0.2, -0.15) is 0 Å². The van der Waals surface area contributed by atoms with E-state index in [0.29, 0.717) is 19.4 Å². The van der Waals surface area contributed by atoms with Gasteiger partial charge in [0.2, 0.25) is 5.91 Å². The summed E-state index contributed by atoms with van der Waals surface area (Å²) in [5.41, 5.74) is 0. The SMILES string of the molecule is CCCCCCCCCCCC/C=C/C(O)C(CO)NC(=O)CCCCCCCCC/C=C\CCCCCCCCCCCCCOC(=O)CCCCCCCCCCCCCCCCCCCC. The first-order valence-corrected chi connectivity index (χ1v) is 31.1. The van der Waals surface area contributed by atoms with Crippen molar-refractivity contribution < 1.29 is 24.5 Å². The van der Waals surface area contributed by atoms with Gasteiger partial charge in [0.05, 0.1) is 25.4 Å². The summed E-state index contributed by atoms with van der Waals surface area (Å²) in [6.45, 7) is 4.91. The fraction of sp³-hybridized carbons (Fsp3) is 0.905. The standard InChI is InChI=1S/C63H121NO5/c1-3-5-7-9-11-13-15-17-18-19-27-30-33-37-41-45-49-53-57-63(68)69-58-54-50-46-42-38-34-31-28-25-23-21-20-22-24-26-29-32-36-40-44-48-52-56-62(67)64-60(59-65)61(66)55-51-47-43-39-35-16-14-12-10-8-6-4-2/h22,24,51,55,60-61,65-66H,3-21,23,25-50,52-54,56-59H2,1-2H3,(H,64,67)/b24-22-,55-51+. The fourth-order valence-corrected chi connectivity index (χ4v) is 9.69. The molecule has 0 aromatic carbocycles. The molecule has 0 spiro atoms. The Morgan fingerprint density at radius 2 is 0.681 bits per heavy atom. The Labute approximate surface area is 431 Å². The Kier molecular flexibility index (Phi) is 57.5. The summed E-state index contributed by atoms with van der Waals surface area (Å²) in [5.74, 6) is -0.0608. The zero-order valence-corrected chi connectivity index (χ0v) is 46.6. The highest BCUT2D eigenvalue weighted by molar-refractivity contribution is 5.76. The van der Waals surface area contributed by atoms with Crippen LogP contribution < -0.4 is 5.32 Å². The molecule has 0 aliphatic rings. The minimum Gasteiger partial charge on any atom is -0.466 e. The zero-order valence-electron chi connectivity index (χ0n) is 46.6. The molecule has 0 radical (unpaired) electrons. The van der Waals surface area contributed by atoms with Crippen molar-refractivity contribution in [2.45, 2.75) is 353 Å². The number of carbonyl (C=O) groups is 2. The predicted octanol–water partition coefficient (Wildman–Crippen LogP) is 19.4. The Morgan fingerprint density at radius 3 is 1.03 bits per heavy atom. The van der Waals surface area contributed by atoms with E-state index in [1.165, 1.54) is 270 Å². The van der Waals surface area contributed by atoms with Gasteiger partial charge in [0.25, 0.3) is 0 Å². The first-order valence-electron chi connectivity index (χ1n) is 31.1. The second-order valence-corrected chi connectivity index (χ2v) is 21.4. The molecule has 0 bridgehead atoms. The van der Waals surface area contributed by atoms with Gasteiger partial charge in [0.1, 0.15) is 0 Å². The van der Waals surface area contributed by atoms with Gasteiger partial charge in [-0.1, -0.05) is 295 Å². The van der Waals surface area contributed by atoms with Crippen molar-refractivity contribution in [3.63, 3.8) is 0 Å². The van der Waals surface area contributed by atoms with Crippen LogP contribution in [0.2, 0.25) is 0 Å². The molecule has 6 heteroatoms. The van der Waals surface area contributed by atoms with Crippen LogP contribution in [-0.2, 0) is 14.3 Å². The molecule has 0 aliphatic carbocycles. The lowest BCUT2D eigenvalue weighted by molar-refractivity contribution is -0.143. The maximum Gasteiger partial charge on any atom is 0.305 e. The molecule has 0 fully saturated rings. The Bertz CT molecular complexity index is 1080. The van der Waals surface area contributed by atoms with Crippen molar-refractivity contribution in [1.82, 2.24) is 5.32 Å². The third-order valence-corrected chi connectivity index (χ3v) is 14.5. The lowest BCUT2D eigenvalue weighted by atomic mass is 10.0. The Balaban J connectivity index is 3.39. The number of aliphatic hydroxyl groups excluding tert-OH is 2. The number of allylic oxidation sites excluding steroid dienone is 3. The van der Waals surface area contributed by atoms with Crippen LogP contribution in [0.1, 0.15) is 341 Å². The second-order valence-electron chi connectivity index (χ2n) is 21.4. The third kappa shape index (κ3) is 55.5. The quantitative estimate of drug-likeness (QED) is 0.0321. The van der Waals surface area contributed by atoms with E-state index in [0.717, 1.165) is 44.9 Å². The maximum absolute atomic E-state index is 12.4. The minimum absolute atomic E-state index is 0.0140. The van der Waals surface area contributed by atoms with Crippen LogP contribution in [0.15, 0.2) is 24.3 Å². The molecule has 0 aliphatic heterocycles. The highest BCUT2D eigenvalue weighted by atomic mass is 16.5. The molecule has 0 heterocycles. The van der Waals surface area contributed by atoms with E-state index in [2.05, 4.69) is 31.3 Å². The number of esters is 1. The van der Waals surface area contributed by atoms with E-state index < -0.39 is 12.1 Å². The molecular formula is C63H121NO5. The average Bonchev–Trinajstić information content (AvgIpc) is 3.35. The van der Waals surface area contributed by atoms with E-state index in [-0.39, 0.29) is 18.5 Å². The highest BCUT2D eigenvalue weighted by Crippen LogP contribution is 2.17. The van der Waals surface area contributed by atoms with Crippen LogP contribution in [0.25, 0.3) is 0 Å². The summed E-state index contributed by atoms with van der Waals surface area (Å²) in [6, 6.07) is -0.631. The van der Waals surface area contributed by atoms with Crippen LogP contribution in [0.4, 0.5) is 0 Å². The van der Waals surface area contributed by atoms with Crippen molar-refractivity contribution in [3.05, 3.63) is 24.3 Å². The molecule has 2 atom stereocenters. The van der Waals surface area contributed by atoms with E-state index in [9.17, 15) is 19.8 Å². The fourth-order valence-electron chi connectivity index (χ4n) is 9.69. The second kappa shape index (κ2) is 58.9. The number of amides is 1. The predicted molar refractivity (Wildman–Crippen MR) is 301 cm³/mol. The summed E-state index contributed by atoms with van der Waals surface area (Å²) < 4.78 is 5.50. The van der Waals surface area contributed by atoms with Gasteiger partial charge in [0.15, 0.2) is 0 Å². The number of hydrogen-bond donors (Lipinski definition) is 3. The Morgan fingerprint density at radius 1 is 0.391 bits per heavy atom. The van der Waals surface area contributed by atoms with Crippen LogP contribution in [-0.4, -0.2) is 47.4 Å². The van der Waals surface area contributed by atoms with Gasteiger partial charge >= 0.3 is 5.97 Å². The molecule has 0 saturated heterocycles. The minimum atomic E-state index is -0.847. The number of nitrogens with one attached hydrogen (secondary N) is 1. The molecule has 1 amide bonds. The van der Waals surface area contributed by atoms with E-state index in [1.54, 1.807) is 6.08 Å². The summed E-state index contributed by atoms with van der Waals surface area (Å²) in [7, 11) is 0. The molecule has 0 saturated carbocycles. The molecule has 2 unspecified atom stereocenters. The summed E-state index contributed by atoms with van der Waals surface area (Å²) in [4.78, 5) is 24.5. The lowest BCUT2D eigenvalue weighted by Gasteiger charge is -2.20. The topological polar surface area (TPSA) is 95.9 Å². The summed E-state index contributed by atoms with van der Waals surface area (Å²) >= 11 is 0. The highest BCUT2D eigenvalue weighted by Gasteiger charge is 2.18. The molecule has 0 aromatic rings. The summed E-state index contributed by atoms with van der Waals surface area (Å²) in [6.07, 6.45) is 72.2. The van der Waals surface area contributed by atoms with Gasteiger partial charge in [-0.05, 0) is 57.8 Å². The molecule has 408 valence electrons. The normalized spacial score (nSPS) is 12.7. The molecule has 69 heavy (non-hydrogen) atoms. The maximum atomic E-state index is 12.4. The monoisotopic (exact) mass is 972 g/mol. The third-order valence-electron chi connectivity index (χ3n) is 14.5. The number of hydrogen-bond acceptors (Lipinski definition) is 5. The van der Waals surface area contributed by atoms with E-state index in [1.807, 2.05) is 6.08 Å². The number of unbranched alkanes of at least 4 members (excludes halogenated alkanes) is 45. The lowest BCUT2D eigenvalue weighted by Crippen LogP contribution is -2.45. The van der Waals surface area contributed by atoms with Crippen LogP contribution in [0.5, 0.6) is 0 Å². The number of rotatable bonds is 58. The van der Waals surface area contributed by atoms with Gasteiger partial charge in [-0.25, -0.2) is 0 Å². The van der Waals surface area contributed by atoms with Crippen molar-refractivity contribution in [1.29, 1.82) is 0 Å². The van der Waals surface area contributed by atoms with Crippen LogP contribution >= 0.6 is 0 Å². The first-order chi connectivity index (χ1) is 34.0. The van der Waals surface area contributed by atoms with Gasteiger partial charge in [-0.15, -0.1) is 0 Å². The van der Waals surface area contributed by atoms with Crippen molar-refractivity contribution in [3.8, 4) is 0 Å². The van der Waals surface area contributed by atoms with Crippen molar-refractivity contribution in [2.24, 2.45) is 0 Å². The van der Waals surface area contributed by atoms with Gasteiger partial charge < -0.3 is 20.3 Å². The smallest absolute Gasteiger partial charge is 0.305 e. The molecule has 0 aromatic heterocycles. The number of carbonyl (C=O) groups excluding carboxylic acids is 2. The van der Waals surface area contributed by atoms with Gasteiger partial charge in [0, 0.05) is 12.8 Å². The zero-order chi connectivity index (χ0) is 50.0. The number of aliphatic hydroxyl groups is 2. The van der Waals surface area contributed by atoms with Crippen LogP contribution in [0.3, 0.4) is 0 Å². The largest absolute Gasteiger partial charge is 0.466 e. The van der Waals surface area contributed by atoms with Gasteiger partial charge in [-0.3, -0.25) is 9.59 Å². The Hall–Kier alpha value is -1.66. The van der Waals surface area contributed by atoms with Crippen molar-refractivity contribution >= 4 is 11.9 Å².